The fraction of sp³-hybridized carbons (Fsp3) is 0.143. The number of rotatable bonds is 5. The molecule has 0 aliphatic heterocycles. The largest absolute Gasteiger partial charge is 0.326 e. The van der Waals surface area contributed by atoms with Crippen LogP contribution >= 0.6 is 0 Å². The number of hydrogen-bond acceptors (Lipinski definition) is 3. The van der Waals surface area contributed by atoms with Crippen LogP contribution in [0.25, 0.3) is 0 Å². The molecule has 2 aromatic rings. The highest BCUT2D eigenvalue weighted by atomic mass is 32.2. The van der Waals surface area contributed by atoms with Crippen molar-refractivity contribution in [2.75, 3.05) is 0 Å². The maximum Gasteiger partial charge on any atom is 0.240 e. The number of hydrogen-bond donors (Lipinski definition) is 2. The second kappa shape index (κ2) is 6.30. The first-order valence-corrected chi connectivity index (χ1v) is 7.63. The van der Waals surface area contributed by atoms with E-state index in [0.29, 0.717) is 5.56 Å². The third-order valence-corrected chi connectivity index (χ3v) is 4.33. The van der Waals surface area contributed by atoms with Gasteiger partial charge in [-0.2, -0.15) is 0 Å². The molecule has 0 aliphatic rings. The van der Waals surface area contributed by atoms with Crippen LogP contribution in [0, 0.1) is 11.6 Å². The first-order chi connectivity index (χ1) is 9.92. The highest BCUT2D eigenvalue weighted by molar-refractivity contribution is 7.89. The van der Waals surface area contributed by atoms with E-state index in [-0.39, 0.29) is 23.5 Å². The first-order valence-electron chi connectivity index (χ1n) is 6.15. The van der Waals surface area contributed by atoms with Crippen LogP contribution in [0.5, 0.6) is 0 Å². The van der Waals surface area contributed by atoms with Crippen LogP contribution in [-0.2, 0) is 23.1 Å². The third kappa shape index (κ3) is 3.84. The zero-order chi connectivity index (χ0) is 15.5. The molecule has 4 nitrogen and oxygen atoms in total. The Balaban J connectivity index is 2.16. The Morgan fingerprint density at radius 3 is 2.33 bits per heavy atom. The number of nitrogens with one attached hydrogen (secondary N) is 1. The average Bonchev–Trinajstić information content (AvgIpc) is 2.47. The van der Waals surface area contributed by atoms with Crippen molar-refractivity contribution in [2.24, 2.45) is 5.73 Å². The Morgan fingerprint density at radius 1 is 1.05 bits per heavy atom. The molecule has 0 saturated heterocycles. The summed E-state index contributed by atoms with van der Waals surface area (Å²) in [6.45, 7) is -0.0783. The van der Waals surface area contributed by atoms with Gasteiger partial charge in [-0.15, -0.1) is 0 Å². The molecule has 2 rings (SSSR count). The molecule has 2 aromatic carbocycles. The molecule has 0 aliphatic carbocycles. The second-order valence-electron chi connectivity index (χ2n) is 4.41. The summed E-state index contributed by atoms with van der Waals surface area (Å²) in [5, 5.41) is 0. The van der Waals surface area contributed by atoms with Crippen molar-refractivity contribution < 1.29 is 17.2 Å². The zero-order valence-corrected chi connectivity index (χ0v) is 11.8. The van der Waals surface area contributed by atoms with Gasteiger partial charge in [-0.25, -0.2) is 21.9 Å². The molecule has 7 heteroatoms. The quantitative estimate of drug-likeness (QED) is 0.886. The summed E-state index contributed by atoms with van der Waals surface area (Å²) in [7, 11) is -3.78. The van der Waals surface area contributed by atoms with Gasteiger partial charge < -0.3 is 5.73 Å². The number of benzene rings is 2. The summed E-state index contributed by atoms with van der Waals surface area (Å²) in [5.74, 6) is -0.942. The maximum atomic E-state index is 13.3. The van der Waals surface area contributed by atoms with Gasteiger partial charge >= 0.3 is 0 Å². The minimum absolute atomic E-state index is 0.0119. The predicted molar refractivity (Wildman–Crippen MR) is 74.7 cm³/mol. The van der Waals surface area contributed by atoms with Crippen molar-refractivity contribution in [1.29, 1.82) is 0 Å². The molecular weight excluding hydrogens is 298 g/mol. The maximum absolute atomic E-state index is 13.3. The van der Waals surface area contributed by atoms with Gasteiger partial charge in [-0.3, -0.25) is 0 Å². The SMILES string of the molecule is NCc1cc(S(=O)(=O)NCc2ccc(F)cc2)ccc1F. The van der Waals surface area contributed by atoms with Gasteiger partial charge in [-0.1, -0.05) is 12.1 Å². The fourth-order valence-electron chi connectivity index (χ4n) is 1.74. The van der Waals surface area contributed by atoms with E-state index in [1.807, 2.05) is 0 Å². The highest BCUT2D eigenvalue weighted by Crippen LogP contribution is 2.15. The van der Waals surface area contributed by atoms with E-state index in [2.05, 4.69) is 4.72 Å². The molecule has 0 heterocycles. The monoisotopic (exact) mass is 312 g/mol. The van der Waals surface area contributed by atoms with E-state index in [4.69, 9.17) is 5.73 Å². The number of sulfonamides is 1. The van der Waals surface area contributed by atoms with E-state index in [1.165, 1.54) is 36.4 Å². The lowest BCUT2D eigenvalue weighted by atomic mass is 10.2. The summed E-state index contributed by atoms with van der Waals surface area (Å²) in [4.78, 5) is -0.0635. The van der Waals surface area contributed by atoms with Crippen molar-refractivity contribution in [3.63, 3.8) is 0 Å². The van der Waals surface area contributed by atoms with Crippen molar-refractivity contribution in [2.45, 2.75) is 18.0 Å². The van der Waals surface area contributed by atoms with Crippen LogP contribution in [0.15, 0.2) is 47.4 Å². The molecule has 21 heavy (non-hydrogen) atoms. The zero-order valence-electron chi connectivity index (χ0n) is 11.0. The number of halogens is 2. The molecule has 0 atom stereocenters. The van der Waals surface area contributed by atoms with Crippen molar-refractivity contribution in [3.8, 4) is 0 Å². The standard InChI is InChI=1S/C14H14F2N2O2S/c15-12-3-1-10(2-4-12)9-18-21(19,20)13-5-6-14(16)11(7-13)8-17/h1-7,18H,8-9,17H2. The van der Waals surface area contributed by atoms with Crippen molar-refractivity contribution in [3.05, 3.63) is 65.2 Å². The molecule has 0 aromatic heterocycles. The molecule has 0 saturated carbocycles. The van der Waals surface area contributed by atoms with Crippen LogP contribution in [0.3, 0.4) is 0 Å². The van der Waals surface area contributed by atoms with Crippen LogP contribution < -0.4 is 10.5 Å². The first kappa shape index (κ1) is 15.6. The van der Waals surface area contributed by atoms with E-state index in [9.17, 15) is 17.2 Å². The van der Waals surface area contributed by atoms with Gasteiger partial charge in [-0.05, 0) is 35.9 Å². The Kier molecular flexibility index (Phi) is 4.66. The molecule has 0 unspecified atom stereocenters. The Hall–Kier alpha value is -1.83. The second-order valence-corrected chi connectivity index (χ2v) is 6.18. The molecule has 0 radical (unpaired) electrons. The minimum atomic E-state index is -3.78. The lowest BCUT2D eigenvalue weighted by Crippen LogP contribution is -2.23. The van der Waals surface area contributed by atoms with Crippen molar-refractivity contribution >= 4 is 10.0 Å². The minimum Gasteiger partial charge on any atom is -0.326 e. The molecule has 112 valence electrons. The van der Waals surface area contributed by atoms with Gasteiger partial charge in [0.15, 0.2) is 0 Å². The smallest absolute Gasteiger partial charge is 0.240 e. The summed E-state index contributed by atoms with van der Waals surface area (Å²) in [5.41, 5.74) is 6.09. The van der Waals surface area contributed by atoms with Crippen molar-refractivity contribution in [1.82, 2.24) is 4.72 Å². The lowest BCUT2D eigenvalue weighted by molar-refractivity contribution is 0.579. The molecule has 0 spiro atoms. The van der Waals surface area contributed by atoms with Gasteiger partial charge in [0, 0.05) is 18.7 Å². The molecule has 0 bridgehead atoms. The summed E-state index contributed by atoms with van der Waals surface area (Å²) in [6, 6.07) is 8.88. The van der Waals surface area contributed by atoms with E-state index in [1.54, 1.807) is 0 Å². The molecular formula is C14H14F2N2O2S. The van der Waals surface area contributed by atoms with E-state index < -0.39 is 21.7 Å². The van der Waals surface area contributed by atoms with Gasteiger partial charge in [0.05, 0.1) is 4.90 Å². The summed E-state index contributed by atoms with van der Waals surface area (Å²) < 4.78 is 52.7. The Morgan fingerprint density at radius 2 is 1.71 bits per heavy atom. The summed E-state index contributed by atoms with van der Waals surface area (Å²) in [6.07, 6.45) is 0. The highest BCUT2D eigenvalue weighted by Gasteiger charge is 2.15. The van der Waals surface area contributed by atoms with E-state index >= 15 is 0 Å². The van der Waals surface area contributed by atoms with Crippen LogP contribution in [0.4, 0.5) is 8.78 Å². The van der Waals surface area contributed by atoms with E-state index in [0.717, 1.165) is 6.07 Å². The van der Waals surface area contributed by atoms with Gasteiger partial charge in [0.25, 0.3) is 0 Å². The predicted octanol–water partition coefficient (Wildman–Crippen LogP) is 1.90. The normalized spacial score (nSPS) is 11.6. The number of nitrogens with two attached hydrogens (primary N) is 1. The van der Waals surface area contributed by atoms with Crippen LogP contribution in [0.2, 0.25) is 0 Å². The fourth-order valence-corrected chi connectivity index (χ4v) is 2.81. The third-order valence-electron chi connectivity index (χ3n) is 2.93. The lowest BCUT2D eigenvalue weighted by Gasteiger charge is -2.08. The average molecular weight is 312 g/mol. The van der Waals surface area contributed by atoms with Gasteiger partial charge in [0.2, 0.25) is 10.0 Å². The van der Waals surface area contributed by atoms with Crippen LogP contribution in [-0.4, -0.2) is 8.42 Å². The van der Waals surface area contributed by atoms with Crippen LogP contribution in [0.1, 0.15) is 11.1 Å². The van der Waals surface area contributed by atoms with Gasteiger partial charge in [0.1, 0.15) is 11.6 Å². The Labute approximate surface area is 121 Å². The molecule has 0 amide bonds. The molecule has 0 fully saturated rings. The summed E-state index contributed by atoms with van der Waals surface area (Å²) >= 11 is 0. The topological polar surface area (TPSA) is 72.2 Å². The molecule has 3 N–H and O–H groups in total. The Bertz CT molecular complexity index is 731.